The van der Waals surface area contributed by atoms with Crippen molar-refractivity contribution in [2.45, 2.75) is 6.92 Å². The minimum absolute atomic E-state index is 0.00712. The van der Waals surface area contributed by atoms with Gasteiger partial charge in [0, 0.05) is 10.6 Å². The number of hydrogen-bond donors (Lipinski definition) is 3. The van der Waals surface area contributed by atoms with Crippen LogP contribution in [0.25, 0.3) is 0 Å². The Hall–Kier alpha value is -3.73. The van der Waals surface area contributed by atoms with Crippen LogP contribution in [-0.4, -0.2) is 37.0 Å². The minimum Gasteiger partial charge on any atom is -0.320 e. The second-order valence-corrected chi connectivity index (χ2v) is 8.88. The maximum absolute atomic E-state index is 12.1. The first-order valence-corrected chi connectivity index (χ1v) is 11.7. The van der Waals surface area contributed by atoms with Crippen LogP contribution < -0.4 is 15.0 Å². The van der Waals surface area contributed by atoms with Crippen LogP contribution in [0.15, 0.2) is 84.0 Å². The van der Waals surface area contributed by atoms with Gasteiger partial charge in [0.25, 0.3) is 11.8 Å². The number of anilines is 2. The van der Waals surface area contributed by atoms with Crippen LogP contribution in [0.3, 0.4) is 0 Å². The Morgan fingerprint density at radius 3 is 2.24 bits per heavy atom. The van der Waals surface area contributed by atoms with Crippen LogP contribution in [-0.2, 0) is 19.9 Å². The van der Waals surface area contributed by atoms with Crippen LogP contribution >= 0.6 is 11.6 Å². The third-order valence-corrected chi connectivity index (χ3v) is 5.71. The molecule has 0 spiro atoms. The number of benzene rings is 3. The van der Waals surface area contributed by atoms with Crippen LogP contribution in [0.2, 0.25) is 5.02 Å². The molecule has 3 N–H and O–H groups in total. The molecule has 0 aliphatic carbocycles. The Morgan fingerprint density at radius 1 is 1.03 bits per heavy atom. The highest BCUT2D eigenvalue weighted by Crippen LogP contribution is 2.22. The number of para-hydroxylation sites is 1. The van der Waals surface area contributed by atoms with E-state index in [9.17, 15) is 22.6 Å². The number of carbonyl (C=O) groups is 2. The Balaban J connectivity index is 0.000000396. The van der Waals surface area contributed by atoms with Crippen molar-refractivity contribution in [2.24, 2.45) is 5.10 Å². The summed E-state index contributed by atoms with van der Waals surface area (Å²) in [5.41, 5.74) is 4.25. The number of halogens is 1. The minimum atomic E-state index is -4.68. The molecule has 0 bridgehead atoms. The number of carbonyl (C=O) groups excluding carboxylic acids is 2. The fraction of sp³-hybridized carbons (Fsp3) is 0.0870. The number of nitrogens with zero attached hydrogens (tertiary/aromatic N) is 2. The highest BCUT2D eigenvalue weighted by atomic mass is 35.5. The smallest absolute Gasteiger partial charge is 0.320 e. The van der Waals surface area contributed by atoms with Gasteiger partial charge in [0.1, 0.15) is 6.54 Å². The molecule has 3 aromatic carbocycles. The van der Waals surface area contributed by atoms with Crippen LogP contribution in [0, 0.1) is 6.92 Å². The third kappa shape index (κ3) is 6.64. The molecule has 1 aliphatic rings. The molecule has 9 nitrogen and oxygen atoms in total. The molecule has 3 aromatic rings. The molecule has 2 amide bonds. The average molecular weight is 501 g/mol. The van der Waals surface area contributed by atoms with E-state index in [4.69, 9.17) is 11.6 Å². The molecule has 176 valence electrons. The highest BCUT2D eigenvalue weighted by Gasteiger charge is 2.27. The predicted octanol–water partition coefficient (Wildman–Crippen LogP) is 3.42. The summed E-state index contributed by atoms with van der Waals surface area (Å²) in [4.78, 5) is 24.1. The van der Waals surface area contributed by atoms with E-state index in [-0.39, 0.29) is 11.4 Å². The lowest BCUT2D eigenvalue weighted by Crippen LogP contribution is -2.39. The molecular formula is C23H21ClN4O5S. The van der Waals surface area contributed by atoms with Crippen LogP contribution in [0.5, 0.6) is 0 Å². The molecule has 0 fully saturated rings. The molecule has 0 aromatic heterocycles. The molecule has 0 saturated carbocycles. The molecule has 0 atom stereocenters. The molecular weight excluding hydrogens is 480 g/mol. The lowest BCUT2D eigenvalue weighted by molar-refractivity contribution is -0.119. The zero-order valence-electron chi connectivity index (χ0n) is 18.0. The van der Waals surface area contributed by atoms with Crippen molar-refractivity contribution in [1.82, 2.24) is 5.43 Å². The van der Waals surface area contributed by atoms with Crippen molar-refractivity contribution in [3.8, 4) is 0 Å². The Labute approximate surface area is 201 Å². The Morgan fingerprint density at radius 2 is 1.65 bits per heavy atom. The van der Waals surface area contributed by atoms with Crippen molar-refractivity contribution in [3.63, 3.8) is 0 Å². The molecule has 0 saturated heterocycles. The maximum atomic E-state index is 12.1. The van der Waals surface area contributed by atoms with E-state index in [0.717, 1.165) is 10.6 Å². The number of nitrogens with one attached hydrogen (secondary N) is 2. The van der Waals surface area contributed by atoms with Gasteiger partial charge in [0.15, 0.2) is 5.71 Å². The van der Waals surface area contributed by atoms with E-state index >= 15 is 0 Å². The van der Waals surface area contributed by atoms with Gasteiger partial charge >= 0.3 is 10.3 Å². The predicted molar refractivity (Wildman–Crippen MR) is 131 cm³/mol. The molecule has 4 rings (SSSR count). The Kier molecular flexibility index (Phi) is 8.00. The van der Waals surface area contributed by atoms with E-state index in [2.05, 4.69) is 15.8 Å². The second-order valence-electron chi connectivity index (χ2n) is 7.11. The van der Waals surface area contributed by atoms with E-state index in [1.54, 1.807) is 36.4 Å². The first-order chi connectivity index (χ1) is 16.1. The zero-order valence-corrected chi connectivity index (χ0v) is 19.5. The summed E-state index contributed by atoms with van der Waals surface area (Å²) in [5, 5.41) is 7.18. The van der Waals surface area contributed by atoms with Gasteiger partial charge in [-0.1, -0.05) is 65.7 Å². The number of rotatable bonds is 5. The molecule has 0 radical (unpaired) electrons. The van der Waals surface area contributed by atoms with Gasteiger partial charge < -0.3 is 5.32 Å². The van der Waals surface area contributed by atoms with Crippen LogP contribution in [0.1, 0.15) is 11.1 Å². The number of fused-ring (bicyclic) bond motifs is 1. The van der Waals surface area contributed by atoms with Crippen LogP contribution in [0.4, 0.5) is 11.4 Å². The monoisotopic (exact) mass is 500 g/mol. The lowest BCUT2D eigenvalue weighted by Gasteiger charge is -2.19. The van der Waals surface area contributed by atoms with E-state index in [1.165, 1.54) is 12.1 Å². The molecule has 0 unspecified atom stereocenters. The zero-order chi connectivity index (χ0) is 24.7. The molecule has 11 heteroatoms. The maximum Gasteiger partial charge on any atom is 0.360 e. The first kappa shape index (κ1) is 24.9. The summed E-state index contributed by atoms with van der Waals surface area (Å²) < 4.78 is 33.2. The second kappa shape index (κ2) is 10.9. The average Bonchev–Trinajstić information content (AvgIpc) is 3.12. The van der Waals surface area contributed by atoms with Crippen molar-refractivity contribution in [3.05, 3.63) is 95.0 Å². The van der Waals surface area contributed by atoms with Gasteiger partial charge in [0.05, 0.1) is 11.4 Å². The number of hydrogen-bond acceptors (Lipinski definition) is 5. The fourth-order valence-corrected chi connectivity index (χ4v) is 3.74. The summed E-state index contributed by atoms with van der Waals surface area (Å²) >= 11 is 5.54. The largest absolute Gasteiger partial charge is 0.360 e. The molecule has 1 aliphatic heterocycles. The normalized spacial score (nSPS) is 13.4. The van der Waals surface area contributed by atoms with Gasteiger partial charge in [-0.2, -0.15) is 13.5 Å². The summed E-state index contributed by atoms with van der Waals surface area (Å²) in [6, 6.07) is 22.5. The van der Waals surface area contributed by atoms with Gasteiger partial charge in [-0.05, 0) is 37.3 Å². The summed E-state index contributed by atoms with van der Waals surface area (Å²) in [5.74, 6) is -1.31. The standard InChI is InChI=1S/C17H16N4O5S.C6H5Cl/c1-11-6-8-12(9-7-11)21(27(24,25)26)10-15(22)19-20-16-13-4-2-3-5-14(13)18-17(16)23;7-6-4-2-1-3-5-6/h2-9H,10H2,1H3,(H,19,22)(H,18,20,23)(H,24,25,26);1-5H. The molecule has 34 heavy (non-hydrogen) atoms. The van der Waals surface area contributed by atoms with Gasteiger partial charge in [-0.3, -0.25) is 14.1 Å². The number of hydrazone groups is 1. The lowest BCUT2D eigenvalue weighted by atomic mass is 10.1. The number of aryl methyl sites for hydroxylation is 1. The van der Waals surface area contributed by atoms with E-state index in [0.29, 0.717) is 15.6 Å². The quantitative estimate of drug-likeness (QED) is 0.365. The Bertz CT molecular complexity index is 1310. The topological polar surface area (TPSA) is 128 Å². The van der Waals surface area contributed by atoms with Gasteiger partial charge in [-0.25, -0.2) is 9.73 Å². The van der Waals surface area contributed by atoms with E-state index in [1.807, 2.05) is 37.3 Å². The highest BCUT2D eigenvalue weighted by molar-refractivity contribution is 7.87. The van der Waals surface area contributed by atoms with Gasteiger partial charge in [-0.15, -0.1) is 0 Å². The van der Waals surface area contributed by atoms with Crippen molar-refractivity contribution >= 4 is 50.8 Å². The summed E-state index contributed by atoms with van der Waals surface area (Å²) in [6.45, 7) is 1.11. The van der Waals surface area contributed by atoms with Crippen molar-refractivity contribution in [1.29, 1.82) is 0 Å². The number of amides is 2. The molecule has 1 heterocycles. The van der Waals surface area contributed by atoms with Crippen molar-refractivity contribution in [2.75, 3.05) is 16.2 Å². The first-order valence-electron chi connectivity index (χ1n) is 9.95. The summed E-state index contributed by atoms with van der Waals surface area (Å²) in [6.07, 6.45) is 0. The van der Waals surface area contributed by atoms with E-state index < -0.39 is 28.7 Å². The SMILES string of the molecule is Cc1ccc(N(CC(=O)NN=C2C(=O)Nc3ccccc32)S(=O)(=O)O)cc1.Clc1ccccc1. The summed E-state index contributed by atoms with van der Waals surface area (Å²) in [7, 11) is -4.68. The van der Waals surface area contributed by atoms with Crippen molar-refractivity contribution < 1.29 is 22.6 Å². The fourth-order valence-electron chi connectivity index (χ4n) is 2.93. The van der Waals surface area contributed by atoms with Gasteiger partial charge in [0.2, 0.25) is 0 Å². The third-order valence-electron chi connectivity index (χ3n) is 4.56.